The van der Waals surface area contributed by atoms with E-state index >= 15 is 0 Å². The molecule has 1 aliphatic rings. The number of aromatic nitrogens is 1. The number of ether oxygens (including phenoxy) is 1. The third kappa shape index (κ3) is 2.79. The van der Waals surface area contributed by atoms with Crippen LogP contribution in [0.4, 0.5) is 5.69 Å². The molecule has 16 heavy (non-hydrogen) atoms. The largest absolute Gasteiger partial charge is 0.473 e. The second-order valence-corrected chi connectivity index (χ2v) is 4.97. The van der Waals surface area contributed by atoms with Gasteiger partial charge in [0.05, 0.1) is 11.9 Å². The van der Waals surface area contributed by atoms with E-state index in [1.165, 1.54) is 12.8 Å². The third-order valence-corrected chi connectivity index (χ3v) is 3.27. The van der Waals surface area contributed by atoms with Gasteiger partial charge in [-0.3, -0.25) is 0 Å². The van der Waals surface area contributed by atoms with Crippen LogP contribution in [0, 0.1) is 5.92 Å². The van der Waals surface area contributed by atoms with E-state index in [-0.39, 0.29) is 6.10 Å². The Kier molecular flexibility index (Phi) is 3.54. The van der Waals surface area contributed by atoms with Crippen LogP contribution < -0.4 is 10.5 Å². The minimum Gasteiger partial charge on any atom is -0.473 e. The molecule has 0 amide bonds. The zero-order valence-electron chi connectivity index (χ0n) is 9.45. The maximum absolute atomic E-state index is 6.02. The highest BCUT2D eigenvalue weighted by Gasteiger charge is 2.21. The second-order valence-electron chi connectivity index (χ2n) is 4.57. The summed E-state index contributed by atoms with van der Waals surface area (Å²) in [6.07, 6.45) is 6.52. The zero-order valence-corrected chi connectivity index (χ0v) is 10.2. The van der Waals surface area contributed by atoms with Crippen molar-refractivity contribution < 1.29 is 4.74 Å². The Hall–Kier alpha value is -0.960. The molecule has 2 rings (SSSR count). The summed E-state index contributed by atoms with van der Waals surface area (Å²) in [5.74, 6) is 1.24. The first-order chi connectivity index (χ1) is 7.65. The first kappa shape index (κ1) is 11.5. The molecule has 0 spiro atoms. The molecule has 2 atom stereocenters. The normalized spacial score (nSPS) is 25.4. The Bertz CT molecular complexity index is 370. The fourth-order valence-electron chi connectivity index (χ4n) is 2.17. The van der Waals surface area contributed by atoms with Crippen LogP contribution >= 0.6 is 11.6 Å². The maximum Gasteiger partial charge on any atom is 0.232 e. The maximum atomic E-state index is 6.02. The average Bonchev–Trinajstić information content (AvgIpc) is 2.22. The summed E-state index contributed by atoms with van der Waals surface area (Å²) < 4.78 is 5.81. The van der Waals surface area contributed by atoms with Gasteiger partial charge in [0.25, 0.3) is 0 Å². The van der Waals surface area contributed by atoms with Gasteiger partial charge in [-0.1, -0.05) is 24.9 Å². The summed E-state index contributed by atoms with van der Waals surface area (Å²) in [5.41, 5.74) is 6.14. The summed E-state index contributed by atoms with van der Waals surface area (Å²) in [4.78, 5) is 4.12. The quantitative estimate of drug-likeness (QED) is 0.863. The highest BCUT2D eigenvalue weighted by Crippen LogP contribution is 2.30. The van der Waals surface area contributed by atoms with E-state index in [4.69, 9.17) is 22.1 Å². The molecule has 4 heteroatoms. The van der Waals surface area contributed by atoms with Gasteiger partial charge in [-0.05, 0) is 31.2 Å². The molecule has 88 valence electrons. The van der Waals surface area contributed by atoms with Crippen LogP contribution in [-0.2, 0) is 0 Å². The number of nitrogen functional groups attached to an aromatic ring is 1. The molecule has 1 aliphatic carbocycles. The molecule has 1 fully saturated rings. The van der Waals surface area contributed by atoms with E-state index in [2.05, 4.69) is 11.9 Å². The van der Waals surface area contributed by atoms with Gasteiger partial charge in [0.1, 0.15) is 11.1 Å². The minimum absolute atomic E-state index is 0.248. The molecule has 2 N–H and O–H groups in total. The van der Waals surface area contributed by atoms with Crippen LogP contribution in [0.15, 0.2) is 12.3 Å². The van der Waals surface area contributed by atoms with Gasteiger partial charge in [0, 0.05) is 0 Å². The molecule has 0 aromatic carbocycles. The van der Waals surface area contributed by atoms with Crippen molar-refractivity contribution >= 4 is 17.3 Å². The SMILES string of the molecule is CC1CCCC(Oc2ncc(N)cc2Cl)C1. The van der Waals surface area contributed by atoms with Crippen molar-refractivity contribution in [2.75, 3.05) is 5.73 Å². The average molecular weight is 241 g/mol. The van der Waals surface area contributed by atoms with E-state index in [1.54, 1.807) is 12.3 Å². The smallest absolute Gasteiger partial charge is 0.232 e. The standard InChI is InChI=1S/C12H17ClN2O/c1-8-3-2-4-10(5-8)16-12-11(13)6-9(14)7-15-12/h6-8,10H,2-5,14H2,1H3. The molecule has 1 aromatic heterocycles. The summed E-state index contributed by atoms with van der Waals surface area (Å²) in [6.45, 7) is 2.26. The minimum atomic E-state index is 0.248. The Labute approximate surface area is 101 Å². The van der Waals surface area contributed by atoms with Crippen LogP contribution in [0.1, 0.15) is 32.6 Å². The van der Waals surface area contributed by atoms with Crippen molar-refractivity contribution in [1.29, 1.82) is 0 Å². The molecule has 1 heterocycles. The number of hydrogen-bond acceptors (Lipinski definition) is 3. The molecule has 0 bridgehead atoms. The van der Waals surface area contributed by atoms with Crippen molar-refractivity contribution in [3.05, 3.63) is 17.3 Å². The lowest BCUT2D eigenvalue weighted by Crippen LogP contribution is -2.24. The number of nitrogens with two attached hydrogens (primary N) is 1. The van der Waals surface area contributed by atoms with E-state index in [0.717, 1.165) is 18.8 Å². The molecular formula is C12H17ClN2O. The Morgan fingerprint density at radius 1 is 1.50 bits per heavy atom. The van der Waals surface area contributed by atoms with Crippen molar-refractivity contribution in [2.45, 2.75) is 38.7 Å². The zero-order chi connectivity index (χ0) is 11.5. The van der Waals surface area contributed by atoms with Gasteiger partial charge in [-0.15, -0.1) is 0 Å². The van der Waals surface area contributed by atoms with Crippen LogP contribution in [0.25, 0.3) is 0 Å². The van der Waals surface area contributed by atoms with Gasteiger partial charge < -0.3 is 10.5 Å². The first-order valence-electron chi connectivity index (χ1n) is 5.73. The monoisotopic (exact) mass is 240 g/mol. The van der Waals surface area contributed by atoms with Gasteiger partial charge in [-0.2, -0.15) is 0 Å². The summed E-state index contributed by atoms with van der Waals surface area (Å²) >= 11 is 6.02. The molecular weight excluding hydrogens is 224 g/mol. The number of anilines is 1. The summed E-state index contributed by atoms with van der Waals surface area (Å²) in [7, 11) is 0. The number of pyridine rings is 1. The van der Waals surface area contributed by atoms with Crippen LogP contribution in [0.5, 0.6) is 5.88 Å². The van der Waals surface area contributed by atoms with Crippen LogP contribution in [-0.4, -0.2) is 11.1 Å². The number of hydrogen-bond donors (Lipinski definition) is 1. The van der Waals surface area contributed by atoms with Crippen LogP contribution in [0.3, 0.4) is 0 Å². The van der Waals surface area contributed by atoms with Gasteiger partial charge >= 0.3 is 0 Å². The number of halogens is 1. The van der Waals surface area contributed by atoms with Crippen LogP contribution in [0.2, 0.25) is 5.02 Å². The lowest BCUT2D eigenvalue weighted by Gasteiger charge is -2.27. The molecule has 1 aromatic rings. The molecule has 0 saturated heterocycles. The van der Waals surface area contributed by atoms with E-state index in [0.29, 0.717) is 16.6 Å². The Balaban J connectivity index is 2.02. The molecule has 0 radical (unpaired) electrons. The van der Waals surface area contributed by atoms with Crippen molar-refractivity contribution in [3.63, 3.8) is 0 Å². The summed E-state index contributed by atoms with van der Waals surface area (Å²) in [6, 6.07) is 1.68. The van der Waals surface area contributed by atoms with Crippen molar-refractivity contribution in [3.8, 4) is 5.88 Å². The van der Waals surface area contributed by atoms with Crippen molar-refractivity contribution in [2.24, 2.45) is 5.92 Å². The lowest BCUT2D eigenvalue weighted by atomic mass is 9.89. The predicted octanol–water partition coefficient (Wildman–Crippen LogP) is 3.27. The van der Waals surface area contributed by atoms with Gasteiger partial charge in [0.15, 0.2) is 0 Å². The summed E-state index contributed by atoms with van der Waals surface area (Å²) in [5, 5.41) is 0.498. The molecule has 3 nitrogen and oxygen atoms in total. The highest BCUT2D eigenvalue weighted by atomic mass is 35.5. The first-order valence-corrected chi connectivity index (χ1v) is 6.10. The van der Waals surface area contributed by atoms with Gasteiger partial charge in [0.2, 0.25) is 5.88 Å². The van der Waals surface area contributed by atoms with E-state index in [1.807, 2.05) is 0 Å². The van der Waals surface area contributed by atoms with Crippen molar-refractivity contribution in [1.82, 2.24) is 4.98 Å². The number of nitrogens with zero attached hydrogens (tertiary/aromatic N) is 1. The van der Waals surface area contributed by atoms with E-state index < -0.39 is 0 Å². The molecule has 1 saturated carbocycles. The Morgan fingerprint density at radius 2 is 2.31 bits per heavy atom. The van der Waals surface area contributed by atoms with E-state index in [9.17, 15) is 0 Å². The topological polar surface area (TPSA) is 48.1 Å². The highest BCUT2D eigenvalue weighted by molar-refractivity contribution is 6.32. The predicted molar refractivity (Wildman–Crippen MR) is 65.7 cm³/mol. The fourth-order valence-corrected chi connectivity index (χ4v) is 2.39. The molecule has 2 unspecified atom stereocenters. The third-order valence-electron chi connectivity index (χ3n) is 3.00. The van der Waals surface area contributed by atoms with Gasteiger partial charge in [-0.25, -0.2) is 4.98 Å². The Morgan fingerprint density at radius 3 is 3.00 bits per heavy atom. The lowest BCUT2D eigenvalue weighted by molar-refractivity contribution is 0.124. The second kappa shape index (κ2) is 4.91. The number of rotatable bonds is 2. The fraction of sp³-hybridized carbons (Fsp3) is 0.583. The molecule has 0 aliphatic heterocycles.